The Hall–Kier alpha value is -2.34. The molecule has 2 aromatic rings. The molecule has 0 saturated heterocycles. The second kappa shape index (κ2) is 7.05. The number of carbonyl (C=O) groups excluding carboxylic acids is 1. The van der Waals surface area contributed by atoms with Crippen LogP contribution in [0.4, 0.5) is 5.69 Å². The molecule has 3 rings (SSSR count). The fourth-order valence-electron chi connectivity index (χ4n) is 3.08. The average Bonchev–Trinajstić information content (AvgIpc) is 2.59. The molecule has 1 aliphatic carbocycles. The molecule has 124 valence electrons. The van der Waals surface area contributed by atoms with Gasteiger partial charge < -0.3 is 5.73 Å². The van der Waals surface area contributed by atoms with Gasteiger partial charge in [0.25, 0.3) is 5.69 Å². The van der Waals surface area contributed by atoms with E-state index in [2.05, 4.69) is 18.2 Å². The zero-order valence-electron chi connectivity index (χ0n) is 13.1. The molecule has 0 heterocycles. The molecule has 1 amide bonds. The molecule has 1 aliphatic rings. The van der Waals surface area contributed by atoms with Gasteiger partial charge in [-0.1, -0.05) is 30.3 Å². The smallest absolute Gasteiger partial charge is 0.274 e. The van der Waals surface area contributed by atoms with Crippen molar-refractivity contribution in [3.63, 3.8) is 0 Å². The van der Waals surface area contributed by atoms with Crippen molar-refractivity contribution in [3.8, 4) is 0 Å². The van der Waals surface area contributed by atoms with Gasteiger partial charge in [0.05, 0.1) is 4.92 Å². The van der Waals surface area contributed by atoms with Gasteiger partial charge in [0.1, 0.15) is 0 Å². The van der Waals surface area contributed by atoms with Crippen LogP contribution in [0.15, 0.2) is 42.5 Å². The number of hydrogen-bond donors (Lipinski definition) is 1. The number of hydrogen-bond acceptors (Lipinski definition) is 4. The van der Waals surface area contributed by atoms with Crippen molar-refractivity contribution in [2.75, 3.05) is 0 Å². The minimum atomic E-state index is -0.654. The molecule has 0 aromatic heterocycles. The van der Waals surface area contributed by atoms with E-state index in [1.54, 1.807) is 23.9 Å². The molecule has 0 saturated carbocycles. The summed E-state index contributed by atoms with van der Waals surface area (Å²) in [7, 11) is 0. The van der Waals surface area contributed by atoms with Crippen molar-refractivity contribution in [1.29, 1.82) is 0 Å². The summed E-state index contributed by atoms with van der Waals surface area (Å²) in [6.45, 7) is 0. The number of rotatable bonds is 5. The van der Waals surface area contributed by atoms with Crippen molar-refractivity contribution in [3.05, 3.63) is 74.8 Å². The van der Waals surface area contributed by atoms with E-state index in [0.29, 0.717) is 16.6 Å². The van der Waals surface area contributed by atoms with Crippen molar-refractivity contribution < 1.29 is 9.72 Å². The van der Waals surface area contributed by atoms with Crippen LogP contribution in [-0.4, -0.2) is 10.8 Å². The average molecular weight is 342 g/mol. The fraction of sp³-hybridized carbons (Fsp3) is 0.278. The van der Waals surface area contributed by atoms with E-state index in [-0.39, 0.29) is 11.3 Å². The van der Waals surface area contributed by atoms with Gasteiger partial charge in [-0.05, 0) is 36.5 Å². The van der Waals surface area contributed by atoms with Gasteiger partial charge >= 0.3 is 0 Å². The number of amides is 1. The second-order valence-corrected chi connectivity index (χ2v) is 7.05. The van der Waals surface area contributed by atoms with Crippen molar-refractivity contribution >= 4 is 23.4 Å². The Labute approximate surface area is 144 Å². The van der Waals surface area contributed by atoms with Crippen LogP contribution < -0.4 is 5.73 Å². The molecule has 24 heavy (non-hydrogen) atoms. The molecule has 0 bridgehead atoms. The number of fused-ring (bicyclic) bond motifs is 1. The van der Waals surface area contributed by atoms with Crippen LogP contribution in [-0.2, 0) is 12.2 Å². The predicted molar refractivity (Wildman–Crippen MR) is 95.0 cm³/mol. The quantitative estimate of drug-likeness (QED) is 0.657. The summed E-state index contributed by atoms with van der Waals surface area (Å²) in [6.07, 6.45) is 3.31. The van der Waals surface area contributed by atoms with E-state index < -0.39 is 10.8 Å². The van der Waals surface area contributed by atoms with Crippen molar-refractivity contribution in [2.45, 2.75) is 30.3 Å². The maximum atomic E-state index is 11.3. The predicted octanol–water partition coefficient (Wildman–Crippen LogP) is 4.00. The van der Waals surface area contributed by atoms with E-state index in [4.69, 9.17) is 5.73 Å². The summed E-state index contributed by atoms with van der Waals surface area (Å²) in [5.74, 6) is -0.118. The third-order valence-corrected chi connectivity index (χ3v) is 5.69. The van der Waals surface area contributed by atoms with Crippen LogP contribution >= 0.6 is 11.8 Å². The Morgan fingerprint density at radius 1 is 1.29 bits per heavy atom. The summed E-state index contributed by atoms with van der Waals surface area (Å²) < 4.78 is 0. The van der Waals surface area contributed by atoms with E-state index in [0.717, 1.165) is 19.3 Å². The molecule has 0 aliphatic heterocycles. The Bertz CT molecular complexity index is 792. The van der Waals surface area contributed by atoms with Gasteiger partial charge in [-0.2, -0.15) is 0 Å². The third kappa shape index (κ3) is 3.43. The summed E-state index contributed by atoms with van der Waals surface area (Å²) in [4.78, 5) is 22.1. The minimum absolute atomic E-state index is 0.0390. The van der Waals surface area contributed by atoms with E-state index >= 15 is 0 Å². The number of nitro groups is 1. The second-order valence-electron chi connectivity index (χ2n) is 5.86. The van der Waals surface area contributed by atoms with Crippen LogP contribution in [0.1, 0.15) is 45.1 Å². The SMILES string of the molecule is NC(=O)c1ccc(CS[C@@H]2CCCc3ccccc32)c([N+](=O)[O-])c1. The number of thioether (sulfide) groups is 1. The largest absolute Gasteiger partial charge is 0.366 e. The zero-order valence-corrected chi connectivity index (χ0v) is 13.9. The molecule has 2 N–H and O–H groups in total. The van der Waals surface area contributed by atoms with Crippen LogP contribution in [0, 0.1) is 10.1 Å². The van der Waals surface area contributed by atoms with Crippen LogP contribution in [0.5, 0.6) is 0 Å². The van der Waals surface area contributed by atoms with E-state index in [1.807, 2.05) is 6.07 Å². The minimum Gasteiger partial charge on any atom is -0.366 e. The molecule has 1 atom stereocenters. The molecular formula is C18H18N2O3S. The Morgan fingerprint density at radius 3 is 2.83 bits per heavy atom. The molecule has 5 nitrogen and oxygen atoms in total. The van der Waals surface area contributed by atoms with E-state index in [1.165, 1.54) is 17.2 Å². The lowest BCUT2D eigenvalue weighted by Gasteiger charge is -2.25. The lowest BCUT2D eigenvalue weighted by Crippen LogP contribution is -2.11. The first-order chi connectivity index (χ1) is 11.6. The van der Waals surface area contributed by atoms with Gasteiger partial charge in [-0.15, -0.1) is 11.8 Å². The number of nitrogens with two attached hydrogens (primary N) is 1. The Kier molecular flexibility index (Phi) is 4.85. The van der Waals surface area contributed by atoms with Crippen molar-refractivity contribution in [1.82, 2.24) is 0 Å². The first kappa shape index (κ1) is 16.5. The monoisotopic (exact) mass is 342 g/mol. The zero-order chi connectivity index (χ0) is 17.1. The molecular weight excluding hydrogens is 324 g/mol. The number of aryl methyl sites for hydroxylation is 1. The molecule has 2 aromatic carbocycles. The number of nitro benzene ring substituents is 1. The summed E-state index contributed by atoms with van der Waals surface area (Å²) in [5.41, 5.74) is 8.67. The normalized spacial score (nSPS) is 16.4. The van der Waals surface area contributed by atoms with Gasteiger partial charge in [-0.3, -0.25) is 14.9 Å². The summed E-state index contributed by atoms with van der Waals surface area (Å²) in [5, 5.41) is 11.6. The topological polar surface area (TPSA) is 86.2 Å². The third-order valence-electron chi connectivity index (χ3n) is 4.32. The Balaban J connectivity index is 1.80. The number of benzene rings is 2. The highest BCUT2D eigenvalue weighted by molar-refractivity contribution is 7.98. The van der Waals surface area contributed by atoms with Gasteiger partial charge in [0.2, 0.25) is 5.91 Å². The molecule has 0 spiro atoms. The highest BCUT2D eigenvalue weighted by Crippen LogP contribution is 2.41. The van der Waals surface area contributed by atoms with E-state index in [9.17, 15) is 14.9 Å². The summed E-state index contributed by atoms with van der Waals surface area (Å²) in [6, 6.07) is 12.9. The lowest BCUT2D eigenvalue weighted by atomic mass is 9.91. The number of carbonyl (C=O) groups is 1. The van der Waals surface area contributed by atoms with Gasteiger partial charge in [-0.25, -0.2) is 0 Å². The van der Waals surface area contributed by atoms with Crippen molar-refractivity contribution in [2.24, 2.45) is 5.73 Å². The number of nitrogens with zero attached hydrogens (tertiary/aromatic N) is 1. The molecule has 0 fully saturated rings. The molecule has 0 unspecified atom stereocenters. The Morgan fingerprint density at radius 2 is 2.08 bits per heavy atom. The molecule has 6 heteroatoms. The summed E-state index contributed by atoms with van der Waals surface area (Å²) >= 11 is 1.72. The molecule has 0 radical (unpaired) electrons. The van der Waals surface area contributed by atoms with Crippen LogP contribution in [0.25, 0.3) is 0 Å². The highest BCUT2D eigenvalue weighted by atomic mass is 32.2. The van der Waals surface area contributed by atoms with Gasteiger partial charge in [0.15, 0.2) is 0 Å². The maximum absolute atomic E-state index is 11.3. The van der Waals surface area contributed by atoms with Crippen LogP contribution in [0.2, 0.25) is 0 Å². The van der Waals surface area contributed by atoms with Gasteiger partial charge in [0, 0.05) is 28.2 Å². The maximum Gasteiger partial charge on any atom is 0.274 e. The standard InChI is InChI=1S/C18H18N2O3S/c19-18(21)13-8-9-14(16(10-13)20(22)23)11-24-17-7-3-5-12-4-1-2-6-15(12)17/h1-2,4,6,8-10,17H,3,5,7,11H2,(H2,19,21)/t17-/m1/s1. The van der Waals surface area contributed by atoms with Crippen LogP contribution in [0.3, 0.4) is 0 Å². The highest BCUT2D eigenvalue weighted by Gasteiger charge is 2.22. The first-order valence-electron chi connectivity index (χ1n) is 7.83. The lowest BCUT2D eigenvalue weighted by molar-refractivity contribution is -0.385. The first-order valence-corrected chi connectivity index (χ1v) is 8.87. The fourth-order valence-corrected chi connectivity index (χ4v) is 4.45. The number of primary amides is 1.